The Hall–Kier alpha value is -3.99. The second kappa shape index (κ2) is 10.1. The van der Waals surface area contributed by atoms with Crippen molar-refractivity contribution in [2.24, 2.45) is 0 Å². The number of aromatic nitrogens is 3. The molecule has 10 nitrogen and oxygen atoms in total. The van der Waals surface area contributed by atoms with E-state index < -0.39 is 18.2 Å². The van der Waals surface area contributed by atoms with Gasteiger partial charge in [-0.15, -0.1) is 10.2 Å². The number of amides is 1. The third kappa shape index (κ3) is 5.09. The van der Waals surface area contributed by atoms with E-state index in [4.69, 9.17) is 14.2 Å². The van der Waals surface area contributed by atoms with E-state index >= 15 is 0 Å². The molecule has 0 fully saturated rings. The van der Waals surface area contributed by atoms with Crippen LogP contribution in [0.2, 0.25) is 0 Å². The van der Waals surface area contributed by atoms with Crippen LogP contribution in [0.3, 0.4) is 0 Å². The van der Waals surface area contributed by atoms with E-state index in [0.717, 1.165) is 5.75 Å². The summed E-state index contributed by atoms with van der Waals surface area (Å²) in [5.41, 5.74) is 2.03. The van der Waals surface area contributed by atoms with Gasteiger partial charge in [0, 0.05) is 31.9 Å². The van der Waals surface area contributed by atoms with Gasteiger partial charge in [-0.25, -0.2) is 0 Å². The summed E-state index contributed by atoms with van der Waals surface area (Å²) in [5, 5.41) is 8.96. The average molecular weight is 495 g/mol. The van der Waals surface area contributed by atoms with Gasteiger partial charge in [-0.1, -0.05) is 36.9 Å². The van der Waals surface area contributed by atoms with E-state index in [9.17, 15) is 14.4 Å². The Morgan fingerprint density at radius 2 is 1.71 bits per heavy atom. The third-order valence-corrected chi connectivity index (χ3v) is 5.60. The van der Waals surface area contributed by atoms with E-state index in [1.807, 2.05) is 19.1 Å². The van der Waals surface area contributed by atoms with Crippen molar-refractivity contribution in [2.75, 3.05) is 10.7 Å². The van der Waals surface area contributed by atoms with Gasteiger partial charge in [0.1, 0.15) is 0 Å². The van der Waals surface area contributed by atoms with E-state index in [0.29, 0.717) is 27.7 Å². The molecule has 0 saturated carbocycles. The minimum atomic E-state index is -0.994. The van der Waals surface area contributed by atoms with Crippen molar-refractivity contribution in [2.45, 2.75) is 39.1 Å². The largest absolute Gasteiger partial charge is 0.447 e. The van der Waals surface area contributed by atoms with Crippen molar-refractivity contribution in [1.29, 1.82) is 0 Å². The van der Waals surface area contributed by atoms with Crippen molar-refractivity contribution in [3.05, 3.63) is 48.0 Å². The zero-order valence-corrected chi connectivity index (χ0v) is 20.3. The summed E-state index contributed by atoms with van der Waals surface area (Å²) in [7, 11) is 0. The number of anilines is 1. The zero-order chi connectivity index (χ0) is 25.1. The summed E-state index contributed by atoms with van der Waals surface area (Å²) in [4.78, 5) is 42.1. The first kappa shape index (κ1) is 24.1. The highest BCUT2D eigenvalue weighted by molar-refractivity contribution is 7.99. The van der Waals surface area contributed by atoms with E-state index in [2.05, 4.69) is 15.2 Å². The molecular weight excluding hydrogens is 472 g/mol. The molecule has 4 rings (SSSR count). The molecule has 35 heavy (non-hydrogen) atoms. The van der Waals surface area contributed by atoms with Crippen LogP contribution in [0.1, 0.15) is 39.5 Å². The van der Waals surface area contributed by atoms with Gasteiger partial charge in [0.25, 0.3) is 0 Å². The van der Waals surface area contributed by atoms with Crippen molar-refractivity contribution >= 4 is 35.3 Å². The molecule has 0 aliphatic carbocycles. The third-order valence-electron chi connectivity index (χ3n) is 4.88. The molecule has 1 amide bonds. The van der Waals surface area contributed by atoms with Gasteiger partial charge in [-0.2, -0.15) is 4.98 Å². The number of nitrogens with zero attached hydrogens (tertiary/aromatic N) is 4. The Labute approximate surface area is 205 Å². The summed E-state index contributed by atoms with van der Waals surface area (Å²) in [6.45, 7) is 5.86. The number of benzene rings is 2. The molecule has 3 aromatic rings. The molecule has 2 heterocycles. The lowest BCUT2D eigenvalue weighted by Gasteiger charge is -2.30. The predicted molar refractivity (Wildman–Crippen MR) is 127 cm³/mol. The summed E-state index contributed by atoms with van der Waals surface area (Å²) in [6, 6.07) is 11.8. The van der Waals surface area contributed by atoms with Crippen LogP contribution in [0.25, 0.3) is 11.3 Å². The van der Waals surface area contributed by atoms with Gasteiger partial charge < -0.3 is 14.2 Å². The highest BCUT2D eigenvalue weighted by Gasteiger charge is 2.35. The van der Waals surface area contributed by atoms with E-state index in [1.54, 1.807) is 18.2 Å². The quantitative estimate of drug-likeness (QED) is 0.293. The van der Waals surface area contributed by atoms with Crippen LogP contribution >= 0.6 is 11.8 Å². The van der Waals surface area contributed by atoms with E-state index in [-0.39, 0.29) is 23.3 Å². The minimum absolute atomic E-state index is 0.0121. The molecule has 0 radical (unpaired) electrons. The zero-order valence-electron chi connectivity index (χ0n) is 19.5. The van der Waals surface area contributed by atoms with Crippen LogP contribution in [-0.2, 0) is 14.4 Å². The lowest BCUT2D eigenvalue weighted by atomic mass is 10.1. The highest BCUT2D eigenvalue weighted by Crippen LogP contribution is 2.44. The fourth-order valence-corrected chi connectivity index (χ4v) is 4.12. The molecule has 2 aromatic carbocycles. The van der Waals surface area contributed by atoms with Gasteiger partial charge in [0.05, 0.1) is 5.69 Å². The van der Waals surface area contributed by atoms with Gasteiger partial charge in [0.15, 0.2) is 17.2 Å². The van der Waals surface area contributed by atoms with Crippen LogP contribution in [0.5, 0.6) is 17.4 Å². The monoisotopic (exact) mass is 494 g/mol. The molecule has 1 aromatic heterocycles. The highest BCUT2D eigenvalue weighted by atomic mass is 32.2. The molecule has 0 spiro atoms. The van der Waals surface area contributed by atoms with Crippen molar-refractivity contribution in [1.82, 2.24) is 15.2 Å². The average Bonchev–Trinajstić information content (AvgIpc) is 2.94. The summed E-state index contributed by atoms with van der Waals surface area (Å²) < 4.78 is 16.7. The molecule has 1 atom stereocenters. The number of esters is 2. The number of fused-ring (bicyclic) bond motifs is 3. The van der Waals surface area contributed by atoms with Crippen LogP contribution in [-0.4, -0.2) is 38.8 Å². The first-order valence-corrected chi connectivity index (χ1v) is 11.7. The molecule has 0 unspecified atom stereocenters. The summed E-state index contributed by atoms with van der Waals surface area (Å²) in [6.07, 6.45) is -0.994. The SMILES string of the molecule is CCSc1nnc2c(n1)O[C@H](c1ccc(OC(C)=O)c(OC(C)=O)c1)N(C(C)=O)c1ccccc1-2. The number of thioether (sulfide) groups is 1. The molecule has 11 heteroatoms. The van der Waals surface area contributed by atoms with Crippen LogP contribution in [0.4, 0.5) is 5.69 Å². The van der Waals surface area contributed by atoms with Crippen molar-refractivity contribution in [3.63, 3.8) is 0 Å². The van der Waals surface area contributed by atoms with Gasteiger partial charge in [-0.05, 0) is 30.0 Å². The molecule has 180 valence electrons. The number of ether oxygens (including phenoxy) is 3. The molecule has 1 aliphatic heterocycles. The van der Waals surface area contributed by atoms with Gasteiger partial charge in [0.2, 0.25) is 23.2 Å². The maximum atomic E-state index is 12.9. The van der Waals surface area contributed by atoms with Crippen LogP contribution < -0.4 is 19.1 Å². The molecule has 1 aliphatic rings. The molecule has 0 saturated heterocycles. The molecule has 0 bridgehead atoms. The Morgan fingerprint density at radius 1 is 1.00 bits per heavy atom. The Morgan fingerprint density at radius 3 is 2.40 bits per heavy atom. The van der Waals surface area contributed by atoms with Crippen LogP contribution in [0, 0.1) is 0 Å². The second-order valence-corrected chi connectivity index (χ2v) is 8.68. The Kier molecular flexibility index (Phi) is 6.97. The normalized spacial score (nSPS) is 14.2. The topological polar surface area (TPSA) is 121 Å². The molecule has 0 N–H and O–H groups in total. The number of hydrogen-bond acceptors (Lipinski definition) is 10. The molecular formula is C24H22N4O6S. The van der Waals surface area contributed by atoms with Crippen molar-refractivity contribution in [3.8, 4) is 28.6 Å². The summed E-state index contributed by atoms with van der Waals surface area (Å²) in [5.74, 6) is -0.462. The minimum Gasteiger partial charge on any atom is -0.447 e. The summed E-state index contributed by atoms with van der Waals surface area (Å²) >= 11 is 1.41. The van der Waals surface area contributed by atoms with Crippen molar-refractivity contribution < 1.29 is 28.6 Å². The fourth-order valence-electron chi connectivity index (χ4n) is 3.61. The fraction of sp³-hybridized carbons (Fsp3) is 0.250. The Bertz CT molecular complexity index is 1310. The van der Waals surface area contributed by atoms with Gasteiger partial charge >= 0.3 is 11.9 Å². The first-order valence-electron chi connectivity index (χ1n) is 10.7. The van der Waals surface area contributed by atoms with E-state index in [1.165, 1.54) is 49.6 Å². The van der Waals surface area contributed by atoms with Gasteiger partial charge in [-0.3, -0.25) is 19.3 Å². The predicted octanol–water partition coefficient (Wildman–Crippen LogP) is 3.95. The van der Waals surface area contributed by atoms with Crippen LogP contribution in [0.15, 0.2) is 47.6 Å². The Balaban J connectivity index is 1.90. The lowest BCUT2D eigenvalue weighted by molar-refractivity contribution is -0.134. The number of rotatable bonds is 5. The number of para-hydroxylation sites is 1. The first-order chi connectivity index (χ1) is 16.8. The smallest absolute Gasteiger partial charge is 0.308 e. The maximum absolute atomic E-state index is 12.9. The standard InChI is InChI=1S/C24H22N4O6S/c1-5-35-24-25-22-21(26-27-24)17-8-6-7-9-18(17)28(13(2)29)23(34-22)16-10-11-19(32-14(3)30)20(12-16)33-15(4)31/h6-12,23H,5H2,1-4H3/t23-/m1/s1. The number of carbonyl (C=O) groups excluding carboxylic acids is 3. The lowest BCUT2D eigenvalue weighted by Crippen LogP contribution is -2.36. The maximum Gasteiger partial charge on any atom is 0.308 e. The number of carbonyl (C=O) groups is 3. The second-order valence-electron chi connectivity index (χ2n) is 7.45. The number of hydrogen-bond donors (Lipinski definition) is 0.